The highest BCUT2D eigenvalue weighted by Crippen LogP contribution is 2.30. The SMILES string of the molecule is Nc1ccccc1CNc1c(Cl)ccc2nsnc12. The van der Waals surface area contributed by atoms with E-state index in [1.807, 2.05) is 36.4 Å². The van der Waals surface area contributed by atoms with E-state index in [4.69, 9.17) is 17.3 Å². The van der Waals surface area contributed by atoms with E-state index in [2.05, 4.69) is 14.1 Å². The standard InChI is InChI=1S/C13H11ClN4S/c14-9-5-6-11-13(18-19-17-11)12(9)16-7-8-3-1-2-4-10(8)15/h1-6,16H,7,15H2. The van der Waals surface area contributed by atoms with E-state index >= 15 is 0 Å². The second-order valence-corrected chi connectivity index (χ2v) is 5.04. The van der Waals surface area contributed by atoms with Crippen molar-refractivity contribution < 1.29 is 0 Å². The molecule has 0 spiro atoms. The fraction of sp³-hybridized carbons (Fsp3) is 0.0769. The van der Waals surface area contributed by atoms with Gasteiger partial charge in [0.25, 0.3) is 0 Å². The zero-order chi connectivity index (χ0) is 13.2. The first kappa shape index (κ1) is 12.2. The molecule has 0 bridgehead atoms. The predicted molar refractivity (Wildman–Crippen MR) is 80.6 cm³/mol. The molecule has 0 radical (unpaired) electrons. The van der Waals surface area contributed by atoms with Crippen LogP contribution in [0, 0.1) is 0 Å². The van der Waals surface area contributed by atoms with E-state index in [1.54, 1.807) is 0 Å². The largest absolute Gasteiger partial charge is 0.398 e. The van der Waals surface area contributed by atoms with Crippen LogP contribution in [0.4, 0.5) is 11.4 Å². The van der Waals surface area contributed by atoms with Gasteiger partial charge >= 0.3 is 0 Å². The zero-order valence-corrected chi connectivity index (χ0v) is 11.5. The highest BCUT2D eigenvalue weighted by Gasteiger charge is 2.09. The lowest BCUT2D eigenvalue weighted by Crippen LogP contribution is -2.03. The summed E-state index contributed by atoms with van der Waals surface area (Å²) >= 11 is 7.39. The van der Waals surface area contributed by atoms with Crippen molar-refractivity contribution in [2.75, 3.05) is 11.1 Å². The second kappa shape index (κ2) is 5.03. The minimum Gasteiger partial charge on any atom is -0.398 e. The summed E-state index contributed by atoms with van der Waals surface area (Å²) in [4.78, 5) is 0. The van der Waals surface area contributed by atoms with E-state index in [-0.39, 0.29) is 0 Å². The van der Waals surface area contributed by atoms with Gasteiger partial charge in [-0.05, 0) is 23.8 Å². The average molecular weight is 291 g/mol. The van der Waals surface area contributed by atoms with Crippen LogP contribution in [0.15, 0.2) is 36.4 Å². The van der Waals surface area contributed by atoms with Crippen LogP contribution in [0.3, 0.4) is 0 Å². The van der Waals surface area contributed by atoms with Crippen molar-refractivity contribution >= 4 is 45.7 Å². The molecule has 0 atom stereocenters. The number of anilines is 2. The third-order valence-corrected chi connectivity index (χ3v) is 3.75. The predicted octanol–water partition coefficient (Wildman–Crippen LogP) is 3.54. The second-order valence-electron chi connectivity index (χ2n) is 4.11. The molecule has 0 unspecified atom stereocenters. The Morgan fingerprint density at radius 3 is 2.84 bits per heavy atom. The molecule has 0 aliphatic heterocycles. The number of nitrogens with zero attached hydrogens (tertiary/aromatic N) is 2. The Balaban J connectivity index is 1.92. The van der Waals surface area contributed by atoms with Gasteiger partial charge in [-0.2, -0.15) is 8.75 Å². The van der Waals surface area contributed by atoms with Crippen molar-refractivity contribution in [2.24, 2.45) is 0 Å². The number of fused-ring (bicyclic) bond motifs is 1. The molecular weight excluding hydrogens is 280 g/mol. The Bertz CT molecular complexity index is 725. The fourth-order valence-electron chi connectivity index (χ4n) is 1.87. The highest BCUT2D eigenvalue weighted by molar-refractivity contribution is 7.00. The number of hydrogen-bond donors (Lipinski definition) is 2. The molecule has 96 valence electrons. The van der Waals surface area contributed by atoms with E-state index in [0.29, 0.717) is 11.6 Å². The zero-order valence-electron chi connectivity index (χ0n) is 9.93. The number of halogens is 1. The topological polar surface area (TPSA) is 63.8 Å². The smallest absolute Gasteiger partial charge is 0.129 e. The third kappa shape index (κ3) is 2.34. The summed E-state index contributed by atoms with van der Waals surface area (Å²) < 4.78 is 8.47. The summed E-state index contributed by atoms with van der Waals surface area (Å²) in [6.45, 7) is 0.600. The molecule has 0 aliphatic carbocycles. The fourth-order valence-corrected chi connectivity index (χ4v) is 2.64. The van der Waals surface area contributed by atoms with Crippen molar-refractivity contribution in [1.82, 2.24) is 8.75 Å². The molecule has 0 aliphatic rings. The van der Waals surface area contributed by atoms with Crippen LogP contribution in [-0.4, -0.2) is 8.75 Å². The molecule has 0 amide bonds. The van der Waals surface area contributed by atoms with Gasteiger partial charge in [0.15, 0.2) is 0 Å². The van der Waals surface area contributed by atoms with Crippen LogP contribution >= 0.6 is 23.3 Å². The minimum atomic E-state index is 0.600. The molecule has 3 aromatic rings. The maximum absolute atomic E-state index is 6.21. The van der Waals surface area contributed by atoms with Crippen LogP contribution in [0.1, 0.15) is 5.56 Å². The van der Waals surface area contributed by atoms with Crippen LogP contribution in [0.25, 0.3) is 11.0 Å². The Kier molecular flexibility index (Phi) is 3.23. The van der Waals surface area contributed by atoms with Gasteiger partial charge in [0.2, 0.25) is 0 Å². The van der Waals surface area contributed by atoms with Gasteiger partial charge in [-0.3, -0.25) is 0 Å². The van der Waals surface area contributed by atoms with Gasteiger partial charge in [-0.15, -0.1) is 0 Å². The summed E-state index contributed by atoms with van der Waals surface area (Å²) in [5, 5.41) is 3.93. The first-order valence-electron chi connectivity index (χ1n) is 5.74. The summed E-state index contributed by atoms with van der Waals surface area (Å²) in [5.74, 6) is 0. The first-order chi connectivity index (χ1) is 9.25. The van der Waals surface area contributed by atoms with Crippen molar-refractivity contribution in [3.8, 4) is 0 Å². The molecule has 2 aromatic carbocycles. The van der Waals surface area contributed by atoms with E-state index in [9.17, 15) is 0 Å². The average Bonchev–Trinajstić information content (AvgIpc) is 2.88. The third-order valence-electron chi connectivity index (χ3n) is 2.89. The normalized spacial score (nSPS) is 10.8. The monoisotopic (exact) mass is 290 g/mol. The quantitative estimate of drug-likeness (QED) is 0.724. The lowest BCUT2D eigenvalue weighted by atomic mass is 10.1. The number of benzene rings is 2. The minimum absolute atomic E-state index is 0.600. The number of aromatic nitrogens is 2. The molecule has 1 heterocycles. The molecule has 0 fully saturated rings. The van der Waals surface area contributed by atoms with Gasteiger partial charge in [-0.1, -0.05) is 29.8 Å². The molecule has 0 saturated heterocycles. The van der Waals surface area contributed by atoms with Crippen LogP contribution in [-0.2, 0) is 6.54 Å². The Hall–Kier alpha value is -1.85. The number of hydrogen-bond acceptors (Lipinski definition) is 5. The lowest BCUT2D eigenvalue weighted by molar-refractivity contribution is 1.16. The number of nitrogens with two attached hydrogens (primary N) is 1. The molecule has 4 nitrogen and oxygen atoms in total. The lowest BCUT2D eigenvalue weighted by Gasteiger charge is -2.10. The number of nitrogens with one attached hydrogen (secondary N) is 1. The summed E-state index contributed by atoms with van der Waals surface area (Å²) in [6.07, 6.45) is 0. The highest BCUT2D eigenvalue weighted by atomic mass is 35.5. The Labute approximate surface area is 119 Å². The molecular formula is C13H11ClN4S. The van der Waals surface area contributed by atoms with E-state index in [1.165, 1.54) is 11.7 Å². The molecule has 6 heteroatoms. The first-order valence-corrected chi connectivity index (χ1v) is 6.84. The van der Waals surface area contributed by atoms with Gasteiger partial charge in [0.1, 0.15) is 11.0 Å². The van der Waals surface area contributed by atoms with Crippen molar-refractivity contribution in [2.45, 2.75) is 6.54 Å². The van der Waals surface area contributed by atoms with Gasteiger partial charge in [-0.25, -0.2) is 0 Å². The summed E-state index contributed by atoms with van der Waals surface area (Å²) in [7, 11) is 0. The van der Waals surface area contributed by atoms with Crippen molar-refractivity contribution in [3.63, 3.8) is 0 Å². The number of nitrogen functional groups attached to an aromatic ring is 1. The van der Waals surface area contributed by atoms with Gasteiger partial charge < -0.3 is 11.1 Å². The van der Waals surface area contributed by atoms with E-state index < -0.39 is 0 Å². The number of rotatable bonds is 3. The van der Waals surface area contributed by atoms with Crippen LogP contribution in [0.5, 0.6) is 0 Å². The van der Waals surface area contributed by atoms with Crippen molar-refractivity contribution in [3.05, 3.63) is 47.0 Å². The molecule has 19 heavy (non-hydrogen) atoms. The Morgan fingerprint density at radius 2 is 2.00 bits per heavy atom. The van der Waals surface area contributed by atoms with Gasteiger partial charge in [0, 0.05) is 12.2 Å². The van der Waals surface area contributed by atoms with E-state index in [0.717, 1.165) is 28.0 Å². The molecule has 1 aromatic heterocycles. The summed E-state index contributed by atoms with van der Waals surface area (Å²) in [6, 6.07) is 11.4. The van der Waals surface area contributed by atoms with Crippen molar-refractivity contribution in [1.29, 1.82) is 0 Å². The van der Waals surface area contributed by atoms with Gasteiger partial charge in [0.05, 0.1) is 22.4 Å². The van der Waals surface area contributed by atoms with Crippen LogP contribution < -0.4 is 11.1 Å². The Morgan fingerprint density at radius 1 is 1.16 bits per heavy atom. The number of para-hydroxylation sites is 1. The maximum atomic E-state index is 6.21. The molecule has 3 N–H and O–H groups in total. The summed E-state index contributed by atoms with van der Waals surface area (Å²) in [5.41, 5.74) is 10.1. The maximum Gasteiger partial charge on any atom is 0.129 e. The molecule has 3 rings (SSSR count). The van der Waals surface area contributed by atoms with Crippen LogP contribution in [0.2, 0.25) is 5.02 Å². The molecule has 0 saturated carbocycles.